The van der Waals surface area contributed by atoms with Crippen LogP contribution in [0.5, 0.6) is 0 Å². The van der Waals surface area contributed by atoms with Crippen LogP contribution in [0.4, 0.5) is 0 Å². The van der Waals surface area contributed by atoms with E-state index >= 15 is 0 Å². The maximum absolute atomic E-state index is 10.2. The molecule has 0 aromatic rings. The lowest BCUT2D eigenvalue weighted by Crippen LogP contribution is -2.50. The van der Waals surface area contributed by atoms with Crippen molar-refractivity contribution in [3.63, 3.8) is 0 Å². The van der Waals surface area contributed by atoms with E-state index in [0.717, 1.165) is 36.4 Å². The molecule has 0 spiro atoms. The van der Waals surface area contributed by atoms with Crippen LogP contribution in [0.25, 0.3) is 0 Å². The van der Waals surface area contributed by atoms with E-state index in [1.54, 1.807) is 5.57 Å². The summed E-state index contributed by atoms with van der Waals surface area (Å²) in [6.45, 7) is 16.3. The van der Waals surface area contributed by atoms with E-state index in [2.05, 4.69) is 46.1 Å². The van der Waals surface area contributed by atoms with Gasteiger partial charge < -0.3 is 9.53 Å². The quantitative estimate of drug-likeness (QED) is 0.350. The molecule has 0 aromatic heterocycles. The average molecular weight is 389 g/mol. The SMILES string of the molecule is C=C(O[Si](C)(C)C)[C@H]1CC[C@H]2[C@@H]3CC=C4C[C@H](O)CC[C@]4(C)[C@H]3CC[C@]12C. The number of allylic oxidation sites excluding steroid dienone is 2. The Bertz CT molecular complexity index is 647. The van der Waals surface area contributed by atoms with E-state index in [0.29, 0.717) is 16.7 Å². The summed E-state index contributed by atoms with van der Waals surface area (Å²) in [7, 11) is -1.59. The molecule has 0 saturated heterocycles. The van der Waals surface area contributed by atoms with Crippen molar-refractivity contribution in [2.75, 3.05) is 0 Å². The Balaban J connectivity index is 1.58. The van der Waals surface area contributed by atoms with Crippen LogP contribution < -0.4 is 0 Å². The number of hydrogen-bond donors (Lipinski definition) is 1. The fourth-order valence-electron chi connectivity index (χ4n) is 7.64. The second-order valence-corrected chi connectivity index (χ2v) is 15.9. The smallest absolute Gasteiger partial charge is 0.241 e. The third-order valence-corrected chi connectivity index (χ3v) is 9.78. The van der Waals surface area contributed by atoms with E-state index in [9.17, 15) is 5.11 Å². The highest BCUT2D eigenvalue weighted by Gasteiger charge is 2.59. The van der Waals surface area contributed by atoms with E-state index < -0.39 is 8.32 Å². The Labute approximate surface area is 167 Å². The lowest BCUT2D eigenvalue weighted by molar-refractivity contribution is -0.0486. The summed E-state index contributed by atoms with van der Waals surface area (Å²) in [6, 6.07) is 0. The first-order valence-corrected chi connectivity index (χ1v) is 14.7. The number of hydrogen-bond acceptors (Lipinski definition) is 2. The standard InChI is InChI=1S/C24H40O2Si/c1-16(26-27(4,5)6)20-9-10-21-19-8-7-17-15-18(25)11-13-23(17,2)22(19)12-14-24(20,21)3/h7,18-22,25H,1,8-15H2,2-6H3/t18-,19+,20-,21+,22+,23+,24-/m1/s1. The molecule has 0 heterocycles. The van der Waals surface area contributed by atoms with Gasteiger partial charge in [-0.25, -0.2) is 0 Å². The predicted molar refractivity (Wildman–Crippen MR) is 115 cm³/mol. The largest absolute Gasteiger partial charge is 0.548 e. The fourth-order valence-corrected chi connectivity index (χ4v) is 8.56. The molecule has 3 fully saturated rings. The highest BCUT2D eigenvalue weighted by Crippen LogP contribution is 2.67. The summed E-state index contributed by atoms with van der Waals surface area (Å²) < 4.78 is 6.39. The van der Waals surface area contributed by atoms with Crippen LogP contribution >= 0.6 is 0 Å². The van der Waals surface area contributed by atoms with Gasteiger partial charge in [-0.15, -0.1) is 0 Å². The van der Waals surface area contributed by atoms with Gasteiger partial charge in [0.25, 0.3) is 0 Å². The second kappa shape index (κ2) is 6.48. The molecular weight excluding hydrogens is 348 g/mol. The van der Waals surface area contributed by atoms with E-state index in [-0.39, 0.29) is 6.10 Å². The van der Waals surface area contributed by atoms with Crippen LogP contribution in [-0.2, 0) is 4.43 Å². The van der Waals surface area contributed by atoms with Gasteiger partial charge in [-0.2, -0.15) is 0 Å². The van der Waals surface area contributed by atoms with Crippen LogP contribution in [0.3, 0.4) is 0 Å². The minimum Gasteiger partial charge on any atom is -0.548 e. The summed E-state index contributed by atoms with van der Waals surface area (Å²) in [5.74, 6) is 4.08. The normalized spacial score (nSPS) is 46.7. The van der Waals surface area contributed by atoms with Crippen LogP contribution in [-0.4, -0.2) is 19.5 Å². The van der Waals surface area contributed by atoms with Gasteiger partial charge >= 0.3 is 0 Å². The molecule has 1 N–H and O–H groups in total. The van der Waals surface area contributed by atoms with Gasteiger partial charge in [0.05, 0.1) is 11.9 Å². The molecule has 4 rings (SSSR count). The van der Waals surface area contributed by atoms with E-state index in [4.69, 9.17) is 4.43 Å². The number of aliphatic hydroxyl groups is 1. The Morgan fingerprint density at radius 2 is 1.85 bits per heavy atom. The number of rotatable bonds is 3. The van der Waals surface area contributed by atoms with Crippen LogP contribution in [0, 0.1) is 34.5 Å². The van der Waals surface area contributed by atoms with Crippen molar-refractivity contribution in [3.05, 3.63) is 24.0 Å². The van der Waals surface area contributed by atoms with Crippen molar-refractivity contribution < 1.29 is 9.53 Å². The van der Waals surface area contributed by atoms with Gasteiger partial charge in [-0.1, -0.05) is 32.1 Å². The first kappa shape index (κ1) is 19.8. The third-order valence-electron chi connectivity index (χ3n) is 8.90. The minimum atomic E-state index is -1.59. The number of aliphatic hydroxyl groups excluding tert-OH is 1. The monoisotopic (exact) mass is 388 g/mol. The predicted octanol–water partition coefficient (Wildman–Crippen LogP) is 6.29. The molecule has 0 aromatic carbocycles. The minimum absolute atomic E-state index is 0.104. The second-order valence-electron chi connectivity index (χ2n) is 11.5. The maximum atomic E-state index is 10.2. The molecule has 0 unspecified atom stereocenters. The Hall–Kier alpha value is -0.543. The Morgan fingerprint density at radius 3 is 2.56 bits per heavy atom. The zero-order valence-corrected chi connectivity index (χ0v) is 19.2. The fraction of sp³-hybridized carbons (Fsp3) is 0.833. The maximum Gasteiger partial charge on any atom is 0.241 e. The molecule has 4 aliphatic carbocycles. The lowest BCUT2D eigenvalue weighted by Gasteiger charge is -2.58. The first-order valence-electron chi connectivity index (χ1n) is 11.3. The van der Waals surface area contributed by atoms with Crippen LogP contribution in [0.1, 0.15) is 65.2 Å². The molecule has 0 amide bonds. The van der Waals surface area contributed by atoms with Gasteiger partial charge in [0.1, 0.15) is 0 Å². The zero-order chi connectivity index (χ0) is 19.6. The molecular formula is C24H40O2Si. The molecule has 27 heavy (non-hydrogen) atoms. The van der Waals surface area contributed by atoms with E-state index in [1.807, 2.05) is 0 Å². The molecule has 3 heteroatoms. The zero-order valence-electron chi connectivity index (χ0n) is 18.2. The summed E-state index contributed by atoms with van der Waals surface area (Å²) in [5, 5.41) is 10.2. The van der Waals surface area contributed by atoms with Crippen molar-refractivity contribution in [1.29, 1.82) is 0 Å². The molecule has 0 radical (unpaired) electrons. The molecule has 0 bridgehead atoms. The molecule has 0 aliphatic heterocycles. The van der Waals surface area contributed by atoms with Gasteiger partial charge in [0, 0.05) is 5.92 Å². The summed E-state index contributed by atoms with van der Waals surface area (Å²) in [6.07, 6.45) is 12.0. The highest BCUT2D eigenvalue weighted by molar-refractivity contribution is 6.70. The molecule has 7 atom stereocenters. The summed E-state index contributed by atoms with van der Waals surface area (Å²) in [5.41, 5.74) is 2.29. The number of fused-ring (bicyclic) bond motifs is 5. The van der Waals surface area contributed by atoms with Gasteiger partial charge in [0.2, 0.25) is 8.32 Å². The van der Waals surface area contributed by atoms with Crippen molar-refractivity contribution in [3.8, 4) is 0 Å². The van der Waals surface area contributed by atoms with Gasteiger partial charge in [0.15, 0.2) is 0 Å². The van der Waals surface area contributed by atoms with Crippen LogP contribution in [0.2, 0.25) is 19.6 Å². The topological polar surface area (TPSA) is 29.5 Å². The van der Waals surface area contributed by atoms with Gasteiger partial charge in [-0.3, -0.25) is 0 Å². The Kier molecular flexibility index (Phi) is 4.75. The molecule has 152 valence electrons. The molecule has 3 saturated carbocycles. The summed E-state index contributed by atoms with van der Waals surface area (Å²) >= 11 is 0. The highest BCUT2D eigenvalue weighted by atomic mass is 28.4. The Morgan fingerprint density at radius 1 is 1.11 bits per heavy atom. The first-order chi connectivity index (χ1) is 12.5. The summed E-state index contributed by atoms with van der Waals surface area (Å²) in [4.78, 5) is 0. The average Bonchev–Trinajstić information content (AvgIpc) is 2.91. The van der Waals surface area contributed by atoms with Crippen molar-refractivity contribution in [2.45, 2.75) is 91.0 Å². The third kappa shape index (κ3) is 3.17. The van der Waals surface area contributed by atoms with Crippen LogP contribution in [0.15, 0.2) is 24.0 Å². The van der Waals surface area contributed by atoms with Crippen molar-refractivity contribution >= 4 is 8.32 Å². The van der Waals surface area contributed by atoms with Gasteiger partial charge in [-0.05, 0) is 99.6 Å². The van der Waals surface area contributed by atoms with Crippen molar-refractivity contribution in [2.24, 2.45) is 34.5 Å². The van der Waals surface area contributed by atoms with E-state index in [1.165, 1.54) is 38.5 Å². The van der Waals surface area contributed by atoms with Crippen molar-refractivity contribution in [1.82, 2.24) is 0 Å². The molecule has 4 aliphatic rings. The lowest BCUT2D eigenvalue weighted by atomic mass is 9.47. The molecule has 2 nitrogen and oxygen atoms in total.